The van der Waals surface area contributed by atoms with E-state index in [9.17, 15) is 33.6 Å². The fraction of sp³-hybridized carbons (Fsp3) is 0.759. The molecule has 1 aliphatic rings. The number of ether oxygens (including phenoxy) is 3. The van der Waals surface area contributed by atoms with Gasteiger partial charge in [-0.3, -0.25) is 38.5 Å². The van der Waals surface area contributed by atoms with E-state index in [1.807, 2.05) is 32.6 Å². The monoisotopic (exact) mass is 627 g/mol. The summed E-state index contributed by atoms with van der Waals surface area (Å²) < 4.78 is 15.4. The molecule has 1 fully saturated rings. The number of carbonyl (C=O) groups excluding carboxylic acids is 7. The van der Waals surface area contributed by atoms with Crippen LogP contribution in [0.2, 0.25) is 0 Å². The number of morpholine rings is 1. The second-order valence-corrected chi connectivity index (χ2v) is 11.9. The number of amides is 4. The molecule has 0 spiro atoms. The zero-order chi connectivity index (χ0) is 33.4. The van der Waals surface area contributed by atoms with Crippen LogP contribution in [0.3, 0.4) is 0 Å². The van der Waals surface area contributed by atoms with Crippen LogP contribution in [0.15, 0.2) is 0 Å². The Morgan fingerprint density at radius 3 is 1.82 bits per heavy atom. The lowest BCUT2D eigenvalue weighted by atomic mass is 9.90. The first kappa shape index (κ1) is 38.4. The molecule has 1 rings (SSSR count). The highest BCUT2D eigenvalue weighted by Gasteiger charge is 2.43. The average molecular weight is 628 g/mol. The Labute approximate surface area is 258 Å². The molecule has 0 radical (unpaired) electrons. The predicted molar refractivity (Wildman–Crippen MR) is 158 cm³/mol. The maximum Gasteiger partial charge on any atom is 0.303 e. The Morgan fingerprint density at radius 1 is 0.773 bits per heavy atom. The Balaban J connectivity index is 2.79. The van der Waals surface area contributed by atoms with Crippen LogP contribution in [0.1, 0.15) is 61.3 Å². The Morgan fingerprint density at radius 2 is 1.30 bits per heavy atom. The van der Waals surface area contributed by atoms with E-state index in [0.29, 0.717) is 26.3 Å². The summed E-state index contributed by atoms with van der Waals surface area (Å²) >= 11 is 0. The van der Waals surface area contributed by atoms with Gasteiger partial charge in [0.05, 0.1) is 38.9 Å². The number of nitrogens with one attached hydrogen (secondary N) is 4. The minimum atomic E-state index is -1.85. The predicted octanol–water partition coefficient (Wildman–Crippen LogP) is -0.933. The summed E-state index contributed by atoms with van der Waals surface area (Å²) in [6.45, 7) is 12.0. The average Bonchev–Trinajstić information content (AvgIpc) is 2.92. The minimum Gasteiger partial charge on any atom is -0.461 e. The van der Waals surface area contributed by atoms with Crippen LogP contribution < -0.4 is 21.3 Å². The van der Waals surface area contributed by atoms with Crippen LogP contribution in [-0.4, -0.2) is 116 Å². The molecule has 0 saturated carbocycles. The number of hydrogen-bond donors (Lipinski definition) is 4. The number of nitrogens with zero attached hydrogens (tertiary/aromatic N) is 1. The molecular weight excluding hydrogens is 578 g/mol. The highest BCUT2D eigenvalue weighted by atomic mass is 16.6. The molecule has 1 heterocycles. The van der Waals surface area contributed by atoms with Gasteiger partial charge in [-0.05, 0) is 31.6 Å². The van der Waals surface area contributed by atoms with Crippen molar-refractivity contribution in [1.82, 2.24) is 26.2 Å². The summed E-state index contributed by atoms with van der Waals surface area (Å²) in [5, 5.41) is 10.2. The molecule has 0 aliphatic carbocycles. The molecule has 44 heavy (non-hydrogen) atoms. The van der Waals surface area contributed by atoms with E-state index < -0.39 is 66.3 Å². The quantitative estimate of drug-likeness (QED) is 0.137. The highest BCUT2D eigenvalue weighted by Crippen LogP contribution is 2.19. The molecule has 4 amide bonds. The maximum atomic E-state index is 13.4. The number of esters is 2. The van der Waals surface area contributed by atoms with Crippen molar-refractivity contribution in [2.24, 2.45) is 11.8 Å². The lowest BCUT2D eigenvalue weighted by molar-refractivity contribution is -0.175. The van der Waals surface area contributed by atoms with E-state index in [2.05, 4.69) is 21.3 Å². The largest absolute Gasteiger partial charge is 0.461 e. The lowest BCUT2D eigenvalue weighted by Gasteiger charge is -2.31. The van der Waals surface area contributed by atoms with E-state index in [1.165, 1.54) is 6.92 Å². The van der Waals surface area contributed by atoms with E-state index >= 15 is 0 Å². The van der Waals surface area contributed by atoms with Crippen molar-refractivity contribution < 1.29 is 47.8 Å². The normalized spacial score (nSPS) is 16.2. The first-order chi connectivity index (χ1) is 20.5. The molecule has 0 aromatic heterocycles. The topological polar surface area (TPSA) is 199 Å². The molecule has 0 aromatic carbocycles. The van der Waals surface area contributed by atoms with Gasteiger partial charge in [0, 0.05) is 26.9 Å². The van der Waals surface area contributed by atoms with E-state index in [1.54, 1.807) is 0 Å². The van der Waals surface area contributed by atoms with Gasteiger partial charge in [0.15, 0.2) is 0 Å². The summed E-state index contributed by atoms with van der Waals surface area (Å²) in [7, 11) is 0. The molecule has 1 aliphatic heterocycles. The van der Waals surface area contributed by atoms with Crippen LogP contribution in [0.5, 0.6) is 0 Å². The second kappa shape index (κ2) is 18.9. The third-order valence-corrected chi connectivity index (χ3v) is 6.50. The third kappa shape index (κ3) is 15.2. The summed E-state index contributed by atoms with van der Waals surface area (Å²) in [5.41, 5.74) is -1.85. The van der Waals surface area contributed by atoms with Gasteiger partial charge < -0.3 is 35.5 Å². The van der Waals surface area contributed by atoms with Crippen molar-refractivity contribution in [3.05, 3.63) is 0 Å². The molecule has 1 saturated heterocycles. The molecule has 4 N–H and O–H groups in total. The first-order valence-electron chi connectivity index (χ1n) is 14.8. The fourth-order valence-corrected chi connectivity index (χ4v) is 4.46. The number of carbonyl (C=O) groups is 7. The number of hydrogen-bond acceptors (Lipinski definition) is 11. The Bertz CT molecular complexity index is 1030. The van der Waals surface area contributed by atoms with Crippen LogP contribution in [-0.2, 0) is 47.8 Å². The van der Waals surface area contributed by atoms with E-state index in [-0.39, 0.29) is 43.7 Å². The van der Waals surface area contributed by atoms with Gasteiger partial charge in [-0.2, -0.15) is 0 Å². The van der Waals surface area contributed by atoms with Crippen molar-refractivity contribution in [3.63, 3.8) is 0 Å². The molecule has 0 unspecified atom stereocenters. The molecule has 15 heteroatoms. The van der Waals surface area contributed by atoms with Gasteiger partial charge in [0.25, 0.3) is 0 Å². The summed E-state index contributed by atoms with van der Waals surface area (Å²) in [6.07, 6.45) is 0.449. The Hall–Kier alpha value is -3.59. The van der Waals surface area contributed by atoms with Crippen molar-refractivity contribution in [1.29, 1.82) is 0 Å². The third-order valence-electron chi connectivity index (χ3n) is 6.50. The van der Waals surface area contributed by atoms with Crippen molar-refractivity contribution >= 4 is 41.4 Å². The van der Waals surface area contributed by atoms with Crippen LogP contribution >= 0.6 is 0 Å². The number of rotatable bonds is 18. The van der Waals surface area contributed by atoms with Crippen LogP contribution in [0, 0.1) is 11.8 Å². The first-order valence-corrected chi connectivity index (χ1v) is 14.8. The lowest BCUT2D eigenvalue weighted by Crippen LogP contribution is -2.57. The van der Waals surface area contributed by atoms with Gasteiger partial charge in [-0.15, -0.1) is 0 Å². The summed E-state index contributed by atoms with van der Waals surface area (Å²) in [4.78, 5) is 89.0. The molecule has 3 atom stereocenters. The van der Waals surface area contributed by atoms with Gasteiger partial charge in [0.2, 0.25) is 35.0 Å². The SMILES string of the molecule is CC(=O)OC[C@@](C)(OC(C)=O)C(=O)[C@H](CC(C)C)NC(=O)CNC(=O)[C@H](CC(C)C)NC(=O)CNC(=O)CN1CCOCC1. The zero-order valence-electron chi connectivity index (χ0n) is 26.9. The van der Waals surface area contributed by atoms with Gasteiger partial charge in [-0.25, -0.2) is 0 Å². The highest BCUT2D eigenvalue weighted by molar-refractivity contribution is 5.97. The smallest absolute Gasteiger partial charge is 0.303 e. The molecule has 0 bridgehead atoms. The standard InChI is InChI=1S/C29H49N5O10/c1-18(2)12-22(27(40)29(7,44-21(6)36)17-43-20(5)35)32-25(38)15-31-28(41)23(13-19(3)4)33-24(37)14-30-26(39)16-34-8-10-42-11-9-34/h18-19,22-23H,8-17H2,1-7H3,(H,30,39)(H,31,41)(H,32,38)(H,33,37)/t22-,23-,29+/m0/s1. The van der Waals surface area contributed by atoms with Gasteiger partial charge in [-0.1, -0.05) is 27.7 Å². The summed E-state index contributed by atoms with van der Waals surface area (Å²) in [5.74, 6) is -4.38. The van der Waals surface area contributed by atoms with Crippen LogP contribution in [0.4, 0.5) is 0 Å². The van der Waals surface area contributed by atoms with Crippen LogP contribution in [0.25, 0.3) is 0 Å². The summed E-state index contributed by atoms with van der Waals surface area (Å²) in [6, 6.07) is -2.10. The minimum absolute atomic E-state index is 0.0139. The molecule has 15 nitrogen and oxygen atoms in total. The number of ketones is 1. The van der Waals surface area contributed by atoms with E-state index in [0.717, 1.165) is 13.8 Å². The fourth-order valence-electron chi connectivity index (χ4n) is 4.46. The van der Waals surface area contributed by atoms with Gasteiger partial charge >= 0.3 is 11.9 Å². The molecule has 0 aromatic rings. The second-order valence-electron chi connectivity index (χ2n) is 11.9. The van der Waals surface area contributed by atoms with Crippen molar-refractivity contribution in [2.75, 3.05) is 52.5 Å². The zero-order valence-corrected chi connectivity index (χ0v) is 26.9. The van der Waals surface area contributed by atoms with Gasteiger partial charge in [0.1, 0.15) is 12.6 Å². The van der Waals surface area contributed by atoms with Crippen molar-refractivity contribution in [3.8, 4) is 0 Å². The van der Waals surface area contributed by atoms with Crippen molar-refractivity contribution in [2.45, 2.75) is 79.0 Å². The van der Waals surface area contributed by atoms with E-state index in [4.69, 9.17) is 14.2 Å². The number of Topliss-reactive ketones (excluding diaryl/α,β-unsaturated/α-hetero) is 1. The Kier molecular flexibility index (Phi) is 16.5. The molecular formula is C29H49N5O10. The maximum absolute atomic E-state index is 13.4. The molecule has 250 valence electrons.